The van der Waals surface area contributed by atoms with E-state index >= 15 is 0 Å². The third-order valence-electron chi connectivity index (χ3n) is 3.84. The zero-order valence-corrected chi connectivity index (χ0v) is 11.9. The molecule has 1 atom stereocenters. The normalized spacial score (nSPS) is 21.6. The van der Waals surface area contributed by atoms with Gasteiger partial charge < -0.3 is 4.74 Å². The van der Waals surface area contributed by atoms with Crippen LogP contribution in [0.25, 0.3) is 0 Å². The maximum absolute atomic E-state index is 11.9. The zero-order chi connectivity index (χ0) is 13.9. The fourth-order valence-corrected chi connectivity index (χ4v) is 2.86. The van der Waals surface area contributed by atoms with E-state index in [1.54, 1.807) is 6.92 Å². The van der Waals surface area contributed by atoms with Crippen LogP contribution < -0.4 is 0 Å². The van der Waals surface area contributed by atoms with Gasteiger partial charge >= 0.3 is 5.97 Å². The summed E-state index contributed by atoms with van der Waals surface area (Å²) in [7, 11) is 0. The van der Waals surface area contributed by atoms with Crippen LogP contribution in [0.1, 0.15) is 44.2 Å². The van der Waals surface area contributed by atoms with Crippen molar-refractivity contribution >= 4 is 5.97 Å². The molecule has 1 aromatic carbocycles. The number of rotatable bonds is 4. The van der Waals surface area contributed by atoms with Crippen LogP contribution in [-0.2, 0) is 22.4 Å². The second-order valence-corrected chi connectivity index (χ2v) is 5.55. The zero-order valence-electron chi connectivity index (χ0n) is 11.9. The van der Waals surface area contributed by atoms with E-state index in [9.17, 15) is 4.79 Å². The van der Waals surface area contributed by atoms with Crippen LogP contribution in [0.3, 0.4) is 0 Å². The van der Waals surface area contributed by atoms with E-state index in [1.807, 2.05) is 0 Å². The molecular weight excluding hydrogens is 236 g/mol. The van der Waals surface area contributed by atoms with E-state index in [4.69, 9.17) is 4.74 Å². The van der Waals surface area contributed by atoms with E-state index in [1.165, 1.54) is 11.1 Å². The molecule has 1 unspecified atom stereocenters. The van der Waals surface area contributed by atoms with Gasteiger partial charge in [-0.05, 0) is 37.3 Å². The summed E-state index contributed by atoms with van der Waals surface area (Å²) in [5.41, 5.74) is 2.85. The number of fused-ring (bicyclic) bond motifs is 1. The topological polar surface area (TPSA) is 26.3 Å². The van der Waals surface area contributed by atoms with Gasteiger partial charge in [-0.2, -0.15) is 0 Å². The minimum atomic E-state index is -0.334. The van der Waals surface area contributed by atoms with E-state index < -0.39 is 0 Å². The summed E-state index contributed by atoms with van der Waals surface area (Å²) < 4.78 is 5.80. The molecule has 19 heavy (non-hydrogen) atoms. The minimum absolute atomic E-state index is 0.257. The first-order chi connectivity index (χ1) is 9.06. The van der Waals surface area contributed by atoms with Crippen LogP contribution in [0, 0.1) is 0 Å². The number of carbonyl (C=O) groups is 1. The van der Waals surface area contributed by atoms with Crippen molar-refractivity contribution in [3.8, 4) is 0 Å². The van der Waals surface area contributed by atoms with Crippen molar-refractivity contribution in [2.75, 3.05) is 0 Å². The van der Waals surface area contributed by atoms with Gasteiger partial charge in [-0.25, -0.2) is 4.79 Å². The molecule has 0 saturated heterocycles. The standard InChI is InChI=1S/C17H22O2/c1-4-10-17(19-16(18)13(2)3)11-9-14-7-5-6-8-15(14)12-17/h5-8H,2,4,9-12H2,1,3H3. The highest BCUT2D eigenvalue weighted by Crippen LogP contribution is 2.35. The van der Waals surface area contributed by atoms with Crippen molar-refractivity contribution in [3.63, 3.8) is 0 Å². The molecular formula is C17H22O2. The molecule has 1 aromatic rings. The molecule has 0 fully saturated rings. The molecule has 0 amide bonds. The van der Waals surface area contributed by atoms with E-state index in [2.05, 4.69) is 37.8 Å². The average Bonchev–Trinajstić information content (AvgIpc) is 2.38. The summed E-state index contributed by atoms with van der Waals surface area (Å²) in [5.74, 6) is -0.257. The summed E-state index contributed by atoms with van der Waals surface area (Å²) in [6.07, 6.45) is 4.67. The highest BCUT2D eigenvalue weighted by Gasteiger charge is 2.37. The van der Waals surface area contributed by atoms with Crippen molar-refractivity contribution in [2.45, 2.75) is 51.6 Å². The monoisotopic (exact) mass is 258 g/mol. The van der Waals surface area contributed by atoms with E-state index in [0.29, 0.717) is 5.57 Å². The number of ether oxygens (including phenoxy) is 1. The summed E-state index contributed by atoms with van der Waals surface area (Å²) >= 11 is 0. The Kier molecular flexibility index (Phi) is 4.08. The van der Waals surface area contributed by atoms with Gasteiger partial charge in [-0.15, -0.1) is 0 Å². The Hall–Kier alpha value is -1.57. The van der Waals surface area contributed by atoms with Gasteiger partial charge in [0.05, 0.1) is 0 Å². The molecule has 102 valence electrons. The highest BCUT2D eigenvalue weighted by molar-refractivity contribution is 5.87. The molecule has 0 saturated carbocycles. The van der Waals surface area contributed by atoms with Gasteiger partial charge in [0.2, 0.25) is 0 Å². The maximum atomic E-state index is 11.9. The largest absolute Gasteiger partial charge is 0.455 e. The van der Waals surface area contributed by atoms with Gasteiger partial charge in [-0.3, -0.25) is 0 Å². The molecule has 0 aromatic heterocycles. The van der Waals surface area contributed by atoms with Gasteiger partial charge in [0.15, 0.2) is 0 Å². The summed E-state index contributed by atoms with van der Waals surface area (Å²) in [5, 5.41) is 0. The van der Waals surface area contributed by atoms with Gasteiger partial charge in [-0.1, -0.05) is 44.2 Å². The molecule has 0 bridgehead atoms. The quantitative estimate of drug-likeness (QED) is 0.606. The van der Waals surface area contributed by atoms with Crippen LogP contribution in [0.4, 0.5) is 0 Å². The smallest absolute Gasteiger partial charge is 0.333 e. The molecule has 2 rings (SSSR count). The first-order valence-corrected chi connectivity index (χ1v) is 7.02. The summed E-state index contributed by atoms with van der Waals surface area (Å²) in [6, 6.07) is 8.45. The third-order valence-corrected chi connectivity index (χ3v) is 3.84. The second-order valence-electron chi connectivity index (χ2n) is 5.55. The van der Waals surface area contributed by atoms with Crippen molar-refractivity contribution < 1.29 is 9.53 Å². The maximum Gasteiger partial charge on any atom is 0.333 e. The molecule has 1 aliphatic carbocycles. The lowest BCUT2D eigenvalue weighted by atomic mass is 9.78. The fraction of sp³-hybridized carbons (Fsp3) is 0.471. The molecule has 2 nitrogen and oxygen atoms in total. The number of hydrogen-bond donors (Lipinski definition) is 0. The number of esters is 1. The number of benzene rings is 1. The van der Waals surface area contributed by atoms with Crippen LogP contribution in [0.15, 0.2) is 36.4 Å². The van der Waals surface area contributed by atoms with Crippen LogP contribution in [0.2, 0.25) is 0 Å². The van der Waals surface area contributed by atoms with Gasteiger partial charge in [0, 0.05) is 12.0 Å². The van der Waals surface area contributed by atoms with E-state index in [-0.39, 0.29) is 11.6 Å². The molecule has 2 heteroatoms. The lowest BCUT2D eigenvalue weighted by molar-refractivity contribution is -0.157. The summed E-state index contributed by atoms with van der Waals surface area (Å²) in [6.45, 7) is 7.52. The molecule has 0 aliphatic heterocycles. The molecule has 0 spiro atoms. The lowest BCUT2D eigenvalue weighted by Crippen LogP contribution is -2.41. The molecule has 0 heterocycles. The van der Waals surface area contributed by atoms with Crippen LogP contribution >= 0.6 is 0 Å². The van der Waals surface area contributed by atoms with Crippen molar-refractivity contribution in [1.82, 2.24) is 0 Å². The van der Waals surface area contributed by atoms with Crippen molar-refractivity contribution in [1.29, 1.82) is 0 Å². The first-order valence-electron chi connectivity index (χ1n) is 7.02. The van der Waals surface area contributed by atoms with Crippen LogP contribution in [-0.4, -0.2) is 11.6 Å². The fourth-order valence-electron chi connectivity index (χ4n) is 2.86. The number of hydrogen-bond acceptors (Lipinski definition) is 2. The second kappa shape index (κ2) is 5.60. The van der Waals surface area contributed by atoms with E-state index in [0.717, 1.165) is 32.1 Å². The Morgan fingerprint density at radius 2 is 2.05 bits per heavy atom. The predicted molar refractivity (Wildman–Crippen MR) is 77.0 cm³/mol. The average molecular weight is 258 g/mol. The molecule has 0 radical (unpaired) electrons. The molecule has 0 N–H and O–H groups in total. The Labute approximate surface area is 115 Å². The Bertz CT molecular complexity index is 490. The predicted octanol–water partition coefficient (Wildman–Crippen LogP) is 3.83. The van der Waals surface area contributed by atoms with Gasteiger partial charge in [0.25, 0.3) is 0 Å². The Balaban J connectivity index is 2.23. The molecule has 1 aliphatic rings. The van der Waals surface area contributed by atoms with Gasteiger partial charge in [0.1, 0.15) is 5.60 Å². The van der Waals surface area contributed by atoms with Crippen molar-refractivity contribution in [2.24, 2.45) is 0 Å². The Morgan fingerprint density at radius 3 is 2.68 bits per heavy atom. The highest BCUT2D eigenvalue weighted by atomic mass is 16.6. The third kappa shape index (κ3) is 3.06. The van der Waals surface area contributed by atoms with Crippen LogP contribution in [0.5, 0.6) is 0 Å². The lowest BCUT2D eigenvalue weighted by Gasteiger charge is -2.37. The summed E-state index contributed by atoms with van der Waals surface area (Å²) in [4.78, 5) is 11.9. The number of aryl methyl sites for hydroxylation is 1. The number of carbonyl (C=O) groups excluding carboxylic acids is 1. The first kappa shape index (κ1) is 13.9. The van der Waals surface area contributed by atoms with Crippen molar-refractivity contribution in [3.05, 3.63) is 47.5 Å². The minimum Gasteiger partial charge on any atom is -0.455 e. The Morgan fingerprint density at radius 1 is 1.37 bits per heavy atom. The SMILES string of the molecule is C=C(C)C(=O)OC1(CCC)CCc2ccccc2C1.